The van der Waals surface area contributed by atoms with Crippen LogP contribution in [0.2, 0.25) is 0 Å². The molecule has 2 atom stereocenters. The number of aromatic nitrogens is 1. The fourth-order valence-corrected chi connectivity index (χ4v) is 1.90. The van der Waals surface area contributed by atoms with Crippen molar-refractivity contribution in [1.82, 2.24) is 10.3 Å². The Balaban J connectivity index is 2.08. The van der Waals surface area contributed by atoms with Gasteiger partial charge < -0.3 is 5.32 Å². The molecule has 0 aromatic carbocycles. The molecule has 2 rings (SSSR count). The molecule has 2 nitrogen and oxygen atoms in total. The molecule has 1 saturated heterocycles. The van der Waals surface area contributed by atoms with E-state index < -0.39 is 0 Å². The van der Waals surface area contributed by atoms with Gasteiger partial charge in [0.2, 0.25) is 0 Å². The molecular weight excluding hydrogens is 179 g/mol. The largest absolute Gasteiger partial charge is 0.310 e. The van der Waals surface area contributed by atoms with Gasteiger partial charge in [-0.05, 0) is 36.9 Å². The third-order valence-electron chi connectivity index (χ3n) is 2.79. The molecule has 1 N–H and O–H groups in total. The monoisotopic (exact) mass is 194 g/mol. The van der Waals surface area contributed by atoms with Crippen LogP contribution in [0.3, 0.4) is 0 Å². The van der Waals surface area contributed by atoms with Crippen molar-refractivity contribution in [2.45, 2.75) is 25.8 Å². The smallest absolute Gasteiger partial charge is 0.141 e. The minimum absolute atomic E-state index is 0.247. The molecule has 1 aromatic heterocycles. The Morgan fingerprint density at radius 2 is 2.29 bits per heavy atom. The van der Waals surface area contributed by atoms with Crippen LogP contribution < -0.4 is 5.32 Å². The van der Waals surface area contributed by atoms with Gasteiger partial charge in [-0.25, -0.2) is 4.39 Å². The lowest BCUT2D eigenvalue weighted by Gasteiger charge is -2.27. The Bertz CT molecular complexity index is 306. The Morgan fingerprint density at radius 3 is 2.93 bits per heavy atom. The third kappa shape index (κ3) is 2.10. The minimum atomic E-state index is -0.247. The zero-order valence-electron chi connectivity index (χ0n) is 8.33. The molecule has 1 aliphatic heterocycles. The lowest BCUT2D eigenvalue weighted by atomic mass is 9.93. The van der Waals surface area contributed by atoms with Crippen LogP contribution in [0, 0.1) is 11.7 Å². The van der Waals surface area contributed by atoms with E-state index in [1.807, 2.05) is 0 Å². The summed E-state index contributed by atoms with van der Waals surface area (Å²) < 4.78 is 12.9. The molecule has 0 spiro atoms. The van der Waals surface area contributed by atoms with E-state index in [2.05, 4.69) is 17.2 Å². The van der Waals surface area contributed by atoms with Crippen LogP contribution in [-0.2, 0) is 0 Å². The third-order valence-corrected chi connectivity index (χ3v) is 2.79. The van der Waals surface area contributed by atoms with Crippen molar-refractivity contribution in [2.75, 3.05) is 6.54 Å². The van der Waals surface area contributed by atoms with Gasteiger partial charge in [-0.2, -0.15) is 0 Å². The Kier molecular flexibility index (Phi) is 2.77. The first-order valence-corrected chi connectivity index (χ1v) is 5.09. The molecule has 2 heterocycles. The zero-order valence-corrected chi connectivity index (χ0v) is 8.33. The van der Waals surface area contributed by atoms with Gasteiger partial charge in [0.25, 0.3) is 0 Å². The minimum Gasteiger partial charge on any atom is -0.310 e. The summed E-state index contributed by atoms with van der Waals surface area (Å²) in [7, 11) is 0. The number of halogens is 1. The second kappa shape index (κ2) is 4.05. The van der Waals surface area contributed by atoms with Crippen LogP contribution in [0.4, 0.5) is 4.39 Å². The molecule has 0 unspecified atom stereocenters. The first kappa shape index (κ1) is 9.59. The number of pyridine rings is 1. The molecule has 0 amide bonds. The van der Waals surface area contributed by atoms with Crippen molar-refractivity contribution in [3.63, 3.8) is 0 Å². The van der Waals surface area contributed by atoms with E-state index in [4.69, 9.17) is 0 Å². The number of nitrogens with one attached hydrogen (secondary N) is 1. The zero-order chi connectivity index (χ0) is 9.97. The number of hydrogen-bond donors (Lipinski definition) is 1. The van der Waals surface area contributed by atoms with Crippen molar-refractivity contribution in [3.05, 3.63) is 29.8 Å². The maximum atomic E-state index is 12.9. The Hall–Kier alpha value is -0.960. The summed E-state index contributed by atoms with van der Waals surface area (Å²) in [6.45, 7) is 3.24. The van der Waals surface area contributed by atoms with E-state index in [-0.39, 0.29) is 11.9 Å². The number of hydrogen-bond acceptors (Lipinski definition) is 2. The average Bonchev–Trinajstić information content (AvgIpc) is 2.19. The standard InChI is InChI=1S/C11H15FN2/c1-8-2-3-11(14-5-8)9-4-10(12)7-13-6-9/h4,6-8,11,14H,2-3,5H2,1H3/t8-,11+/m0/s1. The summed E-state index contributed by atoms with van der Waals surface area (Å²) in [5.74, 6) is 0.482. The van der Waals surface area contributed by atoms with Crippen LogP contribution in [0.1, 0.15) is 31.4 Å². The number of nitrogens with zero attached hydrogens (tertiary/aromatic N) is 1. The Labute approximate surface area is 83.6 Å². The van der Waals surface area contributed by atoms with E-state index in [9.17, 15) is 4.39 Å². The van der Waals surface area contributed by atoms with Crippen molar-refractivity contribution in [2.24, 2.45) is 5.92 Å². The second-order valence-electron chi connectivity index (χ2n) is 4.08. The highest BCUT2D eigenvalue weighted by molar-refractivity contribution is 5.15. The maximum absolute atomic E-state index is 12.9. The fourth-order valence-electron chi connectivity index (χ4n) is 1.90. The first-order chi connectivity index (χ1) is 6.75. The van der Waals surface area contributed by atoms with E-state index in [0.29, 0.717) is 0 Å². The lowest BCUT2D eigenvalue weighted by molar-refractivity contribution is 0.332. The number of rotatable bonds is 1. The molecule has 1 fully saturated rings. The molecule has 0 saturated carbocycles. The fraction of sp³-hybridized carbons (Fsp3) is 0.545. The molecule has 3 heteroatoms. The summed E-state index contributed by atoms with van der Waals surface area (Å²) >= 11 is 0. The van der Waals surface area contributed by atoms with Crippen molar-refractivity contribution in [1.29, 1.82) is 0 Å². The molecule has 0 aliphatic carbocycles. The maximum Gasteiger partial charge on any atom is 0.141 e. The molecule has 0 bridgehead atoms. The van der Waals surface area contributed by atoms with Gasteiger partial charge >= 0.3 is 0 Å². The topological polar surface area (TPSA) is 24.9 Å². The highest BCUT2D eigenvalue weighted by Gasteiger charge is 2.19. The summed E-state index contributed by atoms with van der Waals surface area (Å²) in [5.41, 5.74) is 0.969. The highest BCUT2D eigenvalue weighted by atomic mass is 19.1. The average molecular weight is 194 g/mol. The predicted octanol–water partition coefficient (Wildman–Crippen LogP) is 2.28. The molecule has 0 radical (unpaired) electrons. The second-order valence-corrected chi connectivity index (χ2v) is 4.08. The van der Waals surface area contributed by atoms with E-state index in [0.717, 1.165) is 24.4 Å². The summed E-state index contributed by atoms with van der Waals surface area (Å²) in [6.07, 6.45) is 5.27. The van der Waals surface area contributed by atoms with Gasteiger partial charge in [-0.1, -0.05) is 6.92 Å². The molecule has 1 aliphatic rings. The van der Waals surface area contributed by atoms with E-state index >= 15 is 0 Å². The molecule has 1 aromatic rings. The van der Waals surface area contributed by atoms with Crippen LogP contribution >= 0.6 is 0 Å². The predicted molar refractivity (Wildman–Crippen MR) is 53.3 cm³/mol. The van der Waals surface area contributed by atoms with E-state index in [1.165, 1.54) is 12.6 Å². The highest BCUT2D eigenvalue weighted by Crippen LogP contribution is 2.25. The van der Waals surface area contributed by atoms with Crippen LogP contribution in [0.5, 0.6) is 0 Å². The van der Waals surface area contributed by atoms with Crippen molar-refractivity contribution < 1.29 is 4.39 Å². The van der Waals surface area contributed by atoms with Crippen molar-refractivity contribution >= 4 is 0 Å². The normalized spacial score (nSPS) is 27.6. The Morgan fingerprint density at radius 1 is 1.43 bits per heavy atom. The van der Waals surface area contributed by atoms with Gasteiger partial charge in [0.1, 0.15) is 5.82 Å². The SMILES string of the molecule is C[C@H]1CC[C@H](c2cncc(F)c2)NC1. The van der Waals surface area contributed by atoms with Gasteiger partial charge in [-0.3, -0.25) is 4.98 Å². The lowest BCUT2D eigenvalue weighted by Crippen LogP contribution is -2.31. The first-order valence-electron chi connectivity index (χ1n) is 5.09. The summed E-state index contributed by atoms with van der Waals surface area (Å²) in [5, 5.41) is 3.41. The summed E-state index contributed by atoms with van der Waals surface area (Å²) in [6, 6.07) is 1.86. The van der Waals surface area contributed by atoms with Crippen LogP contribution in [-0.4, -0.2) is 11.5 Å². The molecular formula is C11H15FN2. The van der Waals surface area contributed by atoms with Gasteiger partial charge in [0.15, 0.2) is 0 Å². The van der Waals surface area contributed by atoms with Gasteiger partial charge in [0, 0.05) is 12.2 Å². The molecule has 14 heavy (non-hydrogen) atoms. The van der Waals surface area contributed by atoms with E-state index in [1.54, 1.807) is 12.3 Å². The van der Waals surface area contributed by atoms with Crippen molar-refractivity contribution in [3.8, 4) is 0 Å². The van der Waals surface area contributed by atoms with Gasteiger partial charge in [0.05, 0.1) is 6.20 Å². The quantitative estimate of drug-likeness (QED) is 0.742. The van der Waals surface area contributed by atoms with Gasteiger partial charge in [-0.15, -0.1) is 0 Å². The van der Waals surface area contributed by atoms with Crippen LogP contribution in [0.25, 0.3) is 0 Å². The van der Waals surface area contributed by atoms with Crippen LogP contribution in [0.15, 0.2) is 18.5 Å². The molecule has 76 valence electrons. The number of piperidine rings is 1. The summed E-state index contributed by atoms with van der Waals surface area (Å²) in [4.78, 5) is 3.86.